The minimum absolute atomic E-state index is 0.333. The van der Waals surface area contributed by atoms with Crippen LogP contribution >= 0.6 is 0 Å². The van der Waals surface area contributed by atoms with Gasteiger partial charge in [-0.3, -0.25) is 0 Å². The zero-order valence-electron chi connectivity index (χ0n) is 14.4. The van der Waals surface area contributed by atoms with Gasteiger partial charge in [-0.1, -0.05) is 48.9 Å². The summed E-state index contributed by atoms with van der Waals surface area (Å²) in [5, 5.41) is 10.8. The summed E-state index contributed by atoms with van der Waals surface area (Å²) >= 11 is 0. The highest BCUT2D eigenvalue weighted by Gasteiger charge is 2.45. The molecule has 4 heteroatoms. The normalized spacial score (nSPS) is 26.0. The zero-order valence-corrected chi connectivity index (χ0v) is 14.4. The average molecular weight is 332 g/mol. The zero-order chi connectivity index (χ0) is 16.8. The van der Waals surface area contributed by atoms with Gasteiger partial charge in [0.05, 0.1) is 13.2 Å². The largest absolute Gasteiger partial charge is 0.387 e. The first-order valence-electron chi connectivity index (χ1n) is 9.01. The van der Waals surface area contributed by atoms with Gasteiger partial charge < -0.3 is 19.3 Å². The molecule has 1 saturated carbocycles. The maximum Gasteiger partial charge on any atom is 0.169 e. The van der Waals surface area contributed by atoms with E-state index in [2.05, 4.69) is 0 Å². The van der Waals surface area contributed by atoms with Crippen molar-refractivity contribution in [2.75, 3.05) is 6.61 Å². The van der Waals surface area contributed by atoms with Crippen molar-refractivity contribution in [3.8, 4) is 0 Å². The Balaban J connectivity index is 1.59. The van der Waals surface area contributed by atoms with E-state index in [1.807, 2.05) is 49.4 Å². The Labute approximate surface area is 144 Å². The van der Waals surface area contributed by atoms with Crippen LogP contribution in [0.2, 0.25) is 0 Å². The molecule has 1 aliphatic carbocycles. The molecule has 1 saturated heterocycles. The number of aliphatic hydroxyl groups is 1. The fourth-order valence-electron chi connectivity index (χ4n) is 3.53. The van der Waals surface area contributed by atoms with Crippen molar-refractivity contribution in [3.63, 3.8) is 0 Å². The topological polar surface area (TPSA) is 47.9 Å². The van der Waals surface area contributed by atoms with E-state index in [0.717, 1.165) is 31.2 Å². The van der Waals surface area contributed by atoms with Gasteiger partial charge in [0, 0.05) is 12.8 Å². The van der Waals surface area contributed by atoms with Gasteiger partial charge in [0.15, 0.2) is 5.79 Å². The van der Waals surface area contributed by atoms with Crippen molar-refractivity contribution in [2.24, 2.45) is 0 Å². The molecule has 0 amide bonds. The fraction of sp³-hybridized carbons (Fsp3) is 0.600. The Hall–Kier alpha value is -1.20. The lowest BCUT2D eigenvalue weighted by molar-refractivity contribution is -0.201. The van der Waals surface area contributed by atoms with E-state index in [4.69, 9.17) is 14.2 Å². The number of hydrogen-bond donors (Lipinski definition) is 1. The summed E-state index contributed by atoms with van der Waals surface area (Å²) in [4.78, 5) is 0. The molecule has 1 aromatic carbocycles. The second-order valence-corrected chi connectivity index (χ2v) is 6.72. The summed E-state index contributed by atoms with van der Waals surface area (Å²) in [5.74, 6) is -0.468. The summed E-state index contributed by atoms with van der Waals surface area (Å²) in [6, 6.07) is 9.99. The van der Waals surface area contributed by atoms with Crippen LogP contribution in [0.4, 0.5) is 0 Å². The second kappa shape index (κ2) is 8.26. The van der Waals surface area contributed by atoms with Crippen molar-refractivity contribution < 1.29 is 19.3 Å². The first-order valence-corrected chi connectivity index (χ1v) is 9.01. The highest BCUT2D eigenvalue weighted by atomic mass is 16.7. The van der Waals surface area contributed by atoms with Crippen LogP contribution in [-0.2, 0) is 20.8 Å². The molecule has 0 unspecified atom stereocenters. The lowest BCUT2D eigenvalue weighted by atomic mass is 9.94. The molecule has 0 aromatic heterocycles. The molecule has 1 spiro atoms. The molecule has 24 heavy (non-hydrogen) atoms. The molecule has 1 aromatic rings. The standard InChI is InChI=1S/C20H28O4/c1-2-9-17(22-14-16-10-5-3-6-11-16)19(21)18-15-23-20(24-18)12-7-4-8-13-20/h2-3,5-6,9-11,17-19,21H,4,7-8,12-15H2,1H3/b9-2+/t17-,18+,19-/m1/s1. The van der Waals surface area contributed by atoms with Crippen molar-refractivity contribution in [1.82, 2.24) is 0 Å². The Kier molecular flexibility index (Phi) is 6.06. The van der Waals surface area contributed by atoms with E-state index >= 15 is 0 Å². The van der Waals surface area contributed by atoms with Crippen LogP contribution in [0, 0.1) is 0 Å². The highest BCUT2D eigenvalue weighted by molar-refractivity contribution is 5.13. The van der Waals surface area contributed by atoms with Crippen molar-refractivity contribution >= 4 is 0 Å². The van der Waals surface area contributed by atoms with Crippen LogP contribution < -0.4 is 0 Å². The van der Waals surface area contributed by atoms with E-state index in [0.29, 0.717) is 13.2 Å². The molecule has 2 fully saturated rings. The molecule has 1 heterocycles. The summed E-state index contributed by atoms with van der Waals surface area (Å²) in [7, 11) is 0. The van der Waals surface area contributed by atoms with E-state index < -0.39 is 18.0 Å². The molecule has 1 N–H and O–H groups in total. The van der Waals surface area contributed by atoms with Gasteiger partial charge in [0.1, 0.15) is 18.3 Å². The molecule has 3 atom stereocenters. The fourth-order valence-corrected chi connectivity index (χ4v) is 3.53. The Morgan fingerprint density at radius 1 is 1.25 bits per heavy atom. The lowest BCUT2D eigenvalue weighted by Gasteiger charge is -2.33. The van der Waals surface area contributed by atoms with Gasteiger partial charge >= 0.3 is 0 Å². The summed E-state index contributed by atoms with van der Waals surface area (Å²) in [6.07, 6.45) is 7.69. The molecule has 0 bridgehead atoms. The molecule has 2 aliphatic rings. The first kappa shape index (κ1) is 17.6. The van der Waals surface area contributed by atoms with Gasteiger partial charge in [-0.2, -0.15) is 0 Å². The number of hydrogen-bond acceptors (Lipinski definition) is 4. The Morgan fingerprint density at radius 3 is 2.71 bits per heavy atom. The monoisotopic (exact) mass is 332 g/mol. The third-order valence-corrected chi connectivity index (χ3v) is 4.88. The molecule has 4 nitrogen and oxygen atoms in total. The Bertz CT molecular complexity index is 522. The van der Waals surface area contributed by atoms with Gasteiger partial charge in [-0.05, 0) is 25.3 Å². The number of aliphatic hydroxyl groups excluding tert-OH is 1. The van der Waals surface area contributed by atoms with Crippen LogP contribution in [0.1, 0.15) is 44.6 Å². The maximum absolute atomic E-state index is 10.8. The minimum atomic E-state index is -0.730. The average Bonchev–Trinajstić information content (AvgIpc) is 3.03. The molecular formula is C20H28O4. The molecule has 132 valence electrons. The van der Waals surface area contributed by atoms with Crippen LogP contribution in [0.5, 0.6) is 0 Å². The van der Waals surface area contributed by atoms with Gasteiger partial charge in [-0.25, -0.2) is 0 Å². The summed E-state index contributed by atoms with van der Waals surface area (Å²) < 4.78 is 18.0. The number of benzene rings is 1. The smallest absolute Gasteiger partial charge is 0.169 e. The predicted octanol–water partition coefficient (Wildman–Crippen LogP) is 3.58. The molecule has 3 rings (SSSR count). The first-order chi connectivity index (χ1) is 11.7. The van der Waals surface area contributed by atoms with Crippen LogP contribution in [0.3, 0.4) is 0 Å². The minimum Gasteiger partial charge on any atom is -0.387 e. The van der Waals surface area contributed by atoms with Crippen molar-refractivity contribution in [1.29, 1.82) is 0 Å². The highest BCUT2D eigenvalue weighted by Crippen LogP contribution is 2.39. The quantitative estimate of drug-likeness (QED) is 0.809. The lowest BCUT2D eigenvalue weighted by Crippen LogP contribution is -2.41. The van der Waals surface area contributed by atoms with Crippen LogP contribution in [0.25, 0.3) is 0 Å². The van der Waals surface area contributed by atoms with E-state index in [1.165, 1.54) is 6.42 Å². The molecule has 1 aliphatic heterocycles. The number of ether oxygens (including phenoxy) is 3. The predicted molar refractivity (Wildman–Crippen MR) is 92.5 cm³/mol. The summed E-state index contributed by atoms with van der Waals surface area (Å²) in [6.45, 7) is 2.83. The second-order valence-electron chi connectivity index (χ2n) is 6.72. The number of allylic oxidation sites excluding steroid dienone is 1. The van der Waals surface area contributed by atoms with Gasteiger partial charge in [-0.15, -0.1) is 0 Å². The van der Waals surface area contributed by atoms with Crippen LogP contribution in [0.15, 0.2) is 42.5 Å². The molecule has 0 radical (unpaired) electrons. The maximum atomic E-state index is 10.8. The molecular weight excluding hydrogens is 304 g/mol. The number of rotatable bonds is 6. The van der Waals surface area contributed by atoms with Crippen molar-refractivity contribution in [3.05, 3.63) is 48.0 Å². The third-order valence-electron chi connectivity index (χ3n) is 4.88. The van der Waals surface area contributed by atoms with E-state index in [-0.39, 0.29) is 6.10 Å². The van der Waals surface area contributed by atoms with Gasteiger partial charge in [0.25, 0.3) is 0 Å². The van der Waals surface area contributed by atoms with Gasteiger partial charge in [0.2, 0.25) is 0 Å². The van der Waals surface area contributed by atoms with Crippen molar-refractivity contribution in [2.45, 2.75) is 69.7 Å². The SMILES string of the molecule is C/C=C/[C@@H](OCc1ccccc1)[C@@H](O)[C@@H]1COC2(CCCCC2)O1. The summed E-state index contributed by atoms with van der Waals surface area (Å²) in [5.41, 5.74) is 1.09. The third kappa shape index (κ3) is 4.25. The van der Waals surface area contributed by atoms with E-state index in [1.54, 1.807) is 0 Å². The van der Waals surface area contributed by atoms with Crippen LogP contribution in [-0.4, -0.2) is 35.8 Å². The Morgan fingerprint density at radius 2 is 2.00 bits per heavy atom. The van der Waals surface area contributed by atoms with E-state index in [9.17, 15) is 5.11 Å².